The van der Waals surface area contributed by atoms with Crippen molar-refractivity contribution in [2.45, 2.75) is 32.0 Å². The SMILES string of the molecule is Cc1ccc(C(=O)N[C@H](C)c2nnc(SCC(=O)Nc3ncccc3C)n2C)cc1. The molecule has 1 aromatic carbocycles. The third kappa shape index (κ3) is 5.24. The summed E-state index contributed by atoms with van der Waals surface area (Å²) in [5, 5.41) is 14.7. The molecular formula is C21H24N6O2S. The summed E-state index contributed by atoms with van der Waals surface area (Å²) < 4.78 is 1.78. The molecule has 2 amide bonds. The molecular weight excluding hydrogens is 400 g/mol. The number of carbonyl (C=O) groups excluding carboxylic acids is 2. The lowest BCUT2D eigenvalue weighted by atomic mass is 10.1. The van der Waals surface area contributed by atoms with Crippen molar-refractivity contribution in [2.75, 3.05) is 11.1 Å². The van der Waals surface area contributed by atoms with E-state index in [0.29, 0.717) is 22.4 Å². The second kappa shape index (κ2) is 9.53. The lowest BCUT2D eigenvalue weighted by Crippen LogP contribution is -2.28. The smallest absolute Gasteiger partial charge is 0.251 e. The van der Waals surface area contributed by atoms with E-state index >= 15 is 0 Å². The standard InChI is InChI=1S/C21H24N6O2S/c1-13-7-9-16(10-8-13)20(29)23-15(3)19-25-26-21(27(19)4)30-12-17(28)24-18-14(2)6-5-11-22-18/h5-11,15H,12H2,1-4H3,(H,23,29)(H,22,24,28)/t15-/m1/s1. The normalized spacial score (nSPS) is 11.7. The van der Waals surface area contributed by atoms with Gasteiger partial charge in [0.1, 0.15) is 5.82 Å². The fraction of sp³-hybridized carbons (Fsp3) is 0.286. The van der Waals surface area contributed by atoms with Crippen molar-refractivity contribution in [1.82, 2.24) is 25.1 Å². The van der Waals surface area contributed by atoms with E-state index in [0.717, 1.165) is 11.1 Å². The number of anilines is 1. The van der Waals surface area contributed by atoms with Gasteiger partial charge in [0, 0.05) is 18.8 Å². The largest absolute Gasteiger partial charge is 0.342 e. The number of nitrogens with zero attached hydrogens (tertiary/aromatic N) is 4. The predicted octanol–water partition coefficient (Wildman–Crippen LogP) is 3.05. The molecule has 3 rings (SSSR count). The molecule has 9 heteroatoms. The van der Waals surface area contributed by atoms with E-state index in [9.17, 15) is 9.59 Å². The second-order valence-corrected chi connectivity index (χ2v) is 7.91. The molecule has 0 unspecified atom stereocenters. The van der Waals surface area contributed by atoms with E-state index in [-0.39, 0.29) is 23.6 Å². The third-order valence-electron chi connectivity index (χ3n) is 4.52. The predicted molar refractivity (Wildman–Crippen MR) is 116 cm³/mol. The van der Waals surface area contributed by atoms with Crippen LogP contribution in [-0.4, -0.2) is 37.3 Å². The highest BCUT2D eigenvalue weighted by Gasteiger charge is 2.19. The highest BCUT2D eigenvalue weighted by molar-refractivity contribution is 7.99. The van der Waals surface area contributed by atoms with Crippen LogP contribution in [-0.2, 0) is 11.8 Å². The van der Waals surface area contributed by atoms with Crippen molar-refractivity contribution >= 4 is 29.4 Å². The molecule has 156 valence electrons. The number of carbonyl (C=O) groups is 2. The first-order valence-corrected chi connectivity index (χ1v) is 10.4. The van der Waals surface area contributed by atoms with E-state index in [2.05, 4.69) is 25.8 Å². The average molecular weight is 425 g/mol. The Morgan fingerprint density at radius 1 is 1.13 bits per heavy atom. The maximum atomic E-state index is 12.4. The Morgan fingerprint density at radius 2 is 1.87 bits per heavy atom. The van der Waals surface area contributed by atoms with Gasteiger partial charge in [-0.05, 0) is 44.5 Å². The first-order valence-electron chi connectivity index (χ1n) is 9.46. The Hall–Kier alpha value is -3.20. The minimum absolute atomic E-state index is 0.173. The summed E-state index contributed by atoms with van der Waals surface area (Å²) in [4.78, 5) is 28.8. The van der Waals surface area contributed by atoms with E-state index in [1.54, 1.807) is 22.9 Å². The maximum Gasteiger partial charge on any atom is 0.251 e. The van der Waals surface area contributed by atoms with Gasteiger partial charge >= 0.3 is 0 Å². The highest BCUT2D eigenvalue weighted by atomic mass is 32.2. The molecule has 3 aromatic rings. The lowest BCUT2D eigenvalue weighted by Gasteiger charge is -2.13. The van der Waals surface area contributed by atoms with E-state index < -0.39 is 0 Å². The summed E-state index contributed by atoms with van der Waals surface area (Å²) in [6, 6.07) is 10.7. The van der Waals surface area contributed by atoms with Crippen molar-refractivity contribution in [1.29, 1.82) is 0 Å². The zero-order chi connectivity index (χ0) is 21.7. The van der Waals surface area contributed by atoms with Crippen molar-refractivity contribution in [2.24, 2.45) is 7.05 Å². The Bertz CT molecular complexity index is 1050. The number of aryl methyl sites for hydroxylation is 2. The van der Waals surface area contributed by atoms with Crippen LogP contribution < -0.4 is 10.6 Å². The van der Waals surface area contributed by atoms with Gasteiger partial charge in [-0.3, -0.25) is 9.59 Å². The van der Waals surface area contributed by atoms with Gasteiger partial charge < -0.3 is 15.2 Å². The van der Waals surface area contributed by atoms with Crippen LogP contribution in [0.25, 0.3) is 0 Å². The van der Waals surface area contributed by atoms with Crippen molar-refractivity contribution in [3.63, 3.8) is 0 Å². The Kier molecular flexibility index (Phi) is 6.83. The molecule has 0 saturated carbocycles. The first-order chi connectivity index (χ1) is 14.3. The van der Waals surface area contributed by atoms with Gasteiger partial charge in [-0.25, -0.2) is 4.98 Å². The Morgan fingerprint density at radius 3 is 2.57 bits per heavy atom. The third-order valence-corrected chi connectivity index (χ3v) is 5.54. The highest BCUT2D eigenvalue weighted by Crippen LogP contribution is 2.20. The van der Waals surface area contributed by atoms with Crippen molar-refractivity contribution in [3.8, 4) is 0 Å². The molecule has 0 bridgehead atoms. The second-order valence-electron chi connectivity index (χ2n) is 6.97. The molecule has 0 aliphatic rings. The van der Waals surface area contributed by atoms with Gasteiger partial charge in [0.15, 0.2) is 11.0 Å². The van der Waals surface area contributed by atoms with Crippen LogP contribution in [0, 0.1) is 13.8 Å². The molecule has 2 aromatic heterocycles. The van der Waals surface area contributed by atoms with Gasteiger partial charge in [-0.15, -0.1) is 10.2 Å². The topological polar surface area (TPSA) is 102 Å². The van der Waals surface area contributed by atoms with Gasteiger partial charge in [-0.2, -0.15) is 0 Å². The molecule has 2 N–H and O–H groups in total. The fourth-order valence-corrected chi connectivity index (χ4v) is 3.51. The molecule has 0 radical (unpaired) electrons. The minimum Gasteiger partial charge on any atom is -0.342 e. The summed E-state index contributed by atoms with van der Waals surface area (Å²) in [6.45, 7) is 5.71. The van der Waals surface area contributed by atoms with Crippen LogP contribution in [0.15, 0.2) is 47.8 Å². The number of nitrogens with one attached hydrogen (secondary N) is 2. The molecule has 0 fully saturated rings. The summed E-state index contributed by atoms with van der Waals surface area (Å²) in [5.41, 5.74) is 2.58. The quantitative estimate of drug-likeness (QED) is 0.565. The van der Waals surface area contributed by atoms with Crippen LogP contribution in [0.2, 0.25) is 0 Å². The maximum absolute atomic E-state index is 12.4. The van der Waals surface area contributed by atoms with Gasteiger partial charge in [0.2, 0.25) is 5.91 Å². The Labute approximate surface area is 179 Å². The number of hydrogen-bond acceptors (Lipinski definition) is 6. The number of rotatable bonds is 7. The molecule has 1 atom stereocenters. The molecule has 0 spiro atoms. The number of benzene rings is 1. The number of amides is 2. The molecule has 0 aliphatic heterocycles. The number of aromatic nitrogens is 4. The summed E-state index contributed by atoms with van der Waals surface area (Å²) in [7, 11) is 1.81. The molecule has 8 nitrogen and oxygen atoms in total. The molecule has 30 heavy (non-hydrogen) atoms. The van der Waals surface area contributed by atoms with Crippen LogP contribution in [0.4, 0.5) is 5.82 Å². The first kappa shape index (κ1) is 21.5. The van der Waals surface area contributed by atoms with Crippen LogP contribution in [0.5, 0.6) is 0 Å². The zero-order valence-electron chi connectivity index (χ0n) is 17.3. The Balaban J connectivity index is 1.58. The van der Waals surface area contributed by atoms with Crippen molar-refractivity contribution in [3.05, 3.63) is 65.1 Å². The molecule has 0 aliphatic carbocycles. The van der Waals surface area contributed by atoms with Crippen molar-refractivity contribution < 1.29 is 9.59 Å². The zero-order valence-corrected chi connectivity index (χ0v) is 18.2. The van der Waals surface area contributed by atoms with Gasteiger partial charge in [0.25, 0.3) is 5.91 Å². The van der Waals surface area contributed by atoms with Crippen LogP contribution in [0.3, 0.4) is 0 Å². The molecule has 2 heterocycles. The summed E-state index contributed by atoms with van der Waals surface area (Å²) >= 11 is 1.27. The van der Waals surface area contributed by atoms with Gasteiger partial charge in [-0.1, -0.05) is 35.5 Å². The van der Waals surface area contributed by atoms with E-state index in [4.69, 9.17) is 0 Å². The van der Waals surface area contributed by atoms with Crippen LogP contribution >= 0.6 is 11.8 Å². The van der Waals surface area contributed by atoms with Crippen LogP contribution in [0.1, 0.15) is 40.3 Å². The minimum atomic E-state index is -0.337. The number of thioether (sulfide) groups is 1. The van der Waals surface area contributed by atoms with E-state index in [1.807, 2.05) is 52.1 Å². The monoisotopic (exact) mass is 424 g/mol. The number of hydrogen-bond donors (Lipinski definition) is 2. The lowest BCUT2D eigenvalue weighted by molar-refractivity contribution is -0.113. The molecule has 0 saturated heterocycles. The van der Waals surface area contributed by atoms with E-state index in [1.165, 1.54) is 11.8 Å². The summed E-state index contributed by atoms with van der Waals surface area (Å²) in [5.74, 6) is 0.983. The van der Waals surface area contributed by atoms with Gasteiger partial charge in [0.05, 0.1) is 11.8 Å². The number of pyridine rings is 1. The average Bonchev–Trinajstić information content (AvgIpc) is 3.09. The summed E-state index contributed by atoms with van der Waals surface area (Å²) in [6.07, 6.45) is 1.64. The fourth-order valence-electron chi connectivity index (χ4n) is 2.79.